The Morgan fingerprint density at radius 3 is 3.17 bits per heavy atom. The van der Waals surface area contributed by atoms with Crippen molar-refractivity contribution >= 4 is 22.9 Å². The van der Waals surface area contributed by atoms with Gasteiger partial charge < -0.3 is 5.32 Å². The molecule has 0 radical (unpaired) electrons. The van der Waals surface area contributed by atoms with Crippen LogP contribution in [-0.4, -0.2) is 21.7 Å². The minimum absolute atomic E-state index is 0.411. The van der Waals surface area contributed by atoms with Crippen molar-refractivity contribution in [1.82, 2.24) is 20.5 Å². The van der Waals surface area contributed by atoms with Gasteiger partial charge in [0.1, 0.15) is 5.01 Å². The van der Waals surface area contributed by atoms with Crippen LogP contribution in [0.4, 0.5) is 0 Å². The Hall–Kier alpha value is -1.69. The quantitative estimate of drug-likeness (QED) is 0.710. The van der Waals surface area contributed by atoms with Crippen LogP contribution >= 0.6 is 22.9 Å². The number of H-pyrrole nitrogens is 1. The smallest absolute Gasteiger partial charge is 0.125 e. The van der Waals surface area contributed by atoms with Gasteiger partial charge in [-0.2, -0.15) is 5.10 Å². The van der Waals surface area contributed by atoms with E-state index in [-0.39, 0.29) is 0 Å². The molecule has 1 atom stereocenters. The highest BCUT2D eigenvalue weighted by atomic mass is 35.5. The van der Waals surface area contributed by atoms with Gasteiger partial charge in [0.05, 0.1) is 16.9 Å². The predicted molar refractivity (Wildman–Crippen MR) is 98.5 cm³/mol. The molecule has 1 aliphatic rings. The molecule has 2 heterocycles. The highest BCUT2D eigenvalue weighted by Crippen LogP contribution is 2.30. The highest BCUT2D eigenvalue weighted by Gasteiger charge is 2.21. The first-order valence-corrected chi connectivity index (χ1v) is 9.52. The van der Waals surface area contributed by atoms with Gasteiger partial charge in [-0.05, 0) is 25.3 Å². The number of rotatable bonds is 5. The zero-order chi connectivity index (χ0) is 16.4. The molecule has 0 bridgehead atoms. The van der Waals surface area contributed by atoms with Crippen molar-refractivity contribution in [2.45, 2.75) is 31.7 Å². The molecule has 24 heavy (non-hydrogen) atoms. The number of nitrogens with one attached hydrogen (secondary N) is 2. The van der Waals surface area contributed by atoms with E-state index in [0.29, 0.717) is 6.04 Å². The van der Waals surface area contributed by atoms with Crippen LogP contribution < -0.4 is 5.32 Å². The average molecular weight is 359 g/mol. The molecule has 1 aliphatic carbocycles. The van der Waals surface area contributed by atoms with Crippen molar-refractivity contribution in [1.29, 1.82) is 0 Å². The fourth-order valence-electron chi connectivity index (χ4n) is 3.23. The van der Waals surface area contributed by atoms with E-state index >= 15 is 0 Å². The van der Waals surface area contributed by atoms with Crippen LogP contribution in [0.5, 0.6) is 0 Å². The van der Waals surface area contributed by atoms with E-state index in [1.165, 1.54) is 24.1 Å². The monoisotopic (exact) mass is 358 g/mol. The van der Waals surface area contributed by atoms with E-state index in [2.05, 4.69) is 20.9 Å². The van der Waals surface area contributed by atoms with E-state index in [1.807, 2.05) is 30.5 Å². The van der Waals surface area contributed by atoms with Crippen molar-refractivity contribution < 1.29 is 0 Å². The zero-order valence-corrected chi connectivity index (χ0v) is 14.8. The van der Waals surface area contributed by atoms with E-state index in [0.717, 1.165) is 40.7 Å². The molecule has 2 N–H and O–H groups in total. The lowest BCUT2D eigenvalue weighted by Crippen LogP contribution is -2.26. The van der Waals surface area contributed by atoms with Crippen LogP contribution in [0.3, 0.4) is 0 Å². The summed E-state index contributed by atoms with van der Waals surface area (Å²) in [6, 6.07) is 8.28. The fourth-order valence-corrected chi connectivity index (χ4v) is 4.40. The number of hydrogen-bond acceptors (Lipinski definition) is 4. The van der Waals surface area contributed by atoms with Crippen molar-refractivity contribution in [3.8, 4) is 10.6 Å². The molecule has 1 unspecified atom stereocenters. The van der Waals surface area contributed by atoms with E-state index in [4.69, 9.17) is 16.6 Å². The SMILES string of the molecule is Clc1ccccc1-c1nc(CCNC2CCCc3[nH]ncc32)cs1. The van der Waals surface area contributed by atoms with Crippen molar-refractivity contribution in [3.63, 3.8) is 0 Å². The summed E-state index contributed by atoms with van der Waals surface area (Å²) in [5, 5.41) is 14.8. The van der Waals surface area contributed by atoms with Gasteiger partial charge in [0.15, 0.2) is 0 Å². The predicted octanol–water partition coefficient (Wildman–Crippen LogP) is 4.40. The molecule has 0 fully saturated rings. The standard InChI is InChI=1S/C18H19ClN4S/c19-15-5-2-1-4-13(15)18-22-12(11-24-18)8-9-20-16-6-3-7-17-14(16)10-21-23-17/h1-2,4-5,10-11,16,20H,3,6-9H2,(H,21,23). The summed E-state index contributed by atoms with van der Waals surface area (Å²) in [6.07, 6.45) is 6.38. The number of halogens is 1. The second-order valence-electron chi connectivity index (χ2n) is 6.08. The molecule has 4 rings (SSSR count). The second-order valence-corrected chi connectivity index (χ2v) is 7.34. The first-order valence-electron chi connectivity index (χ1n) is 8.26. The molecule has 124 valence electrons. The summed E-state index contributed by atoms with van der Waals surface area (Å²) in [5.74, 6) is 0. The minimum atomic E-state index is 0.411. The van der Waals surface area contributed by atoms with Gasteiger partial charge in [-0.15, -0.1) is 11.3 Å². The summed E-state index contributed by atoms with van der Waals surface area (Å²) >= 11 is 7.91. The van der Waals surface area contributed by atoms with Crippen LogP contribution in [0.1, 0.15) is 35.8 Å². The number of aromatic amines is 1. The Bertz CT molecular complexity index is 826. The van der Waals surface area contributed by atoms with Gasteiger partial charge in [-0.3, -0.25) is 5.10 Å². The van der Waals surface area contributed by atoms with Crippen LogP contribution in [-0.2, 0) is 12.8 Å². The van der Waals surface area contributed by atoms with Crippen molar-refractivity contribution in [3.05, 3.63) is 57.8 Å². The lowest BCUT2D eigenvalue weighted by atomic mass is 9.93. The zero-order valence-electron chi connectivity index (χ0n) is 13.3. The Labute approximate surface area is 150 Å². The molecule has 0 spiro atoms. The van der Waals surface area contributed by atoms with Crippen LogP contribution in [0.15, 0.2) is 35.8 Å². The largest absolute Gasteiger partial charge is 0.309 e. The summed E-state index contributed by atoms with van der Waals surface area (Å²) < 4.78 is 0. The summed E-state index contributed by atoms with van der Waals surface area (Å²) in [5.41, 5.74) is 4.74. The Balaban J connectivity index is 1.37. The first-order chi connectivity index (χ1) is 11.8. The molecule has 6 heteroatoms. The molecule has 0 amide bonds. The molecular weight excluding hydrogens is 340 g/mol. The molecule has 0 saturated heterocycles. The van der Waals surface area contributed by atoms with Gasteiger partial charge in [0, 0.05) is 41.2 Å². The molecule has 4 nitrogen and oxygen atoms in total. The number of nitrogens with zero attached hydrogens (tertiary/aromatic N) is 2. The minimum Gasteiger partial charge on any atom is -0.309 e. The molecule has 1 aromatic carbocycles. The number of fused-ring (bicyclic) bond motifs is 1. The summed E-state index contributed by atoms with van der Waals surface area (Å²) in [6.45, 7) is 0.918. The average Bonchev–Trinajstić information content (AvgIpc) is 3.25. The number of benzene rings is 1. The Kier molecular flexibility index (Phi) is 4.65. The normalized spacial score (nSPS) is 17.0. The number of thiazole rings is 1. The first kappa shape index (κ1) is 15.8. The van der Waals surface area contributed by atoms with Gasteiger partial charge in [0.25, 0.3) is 0 Å². The maximum atomic E-state index is 6.26. The third-order valence-electron chi connectivity index (χ3n) is 4.47. The van der Waals surface area contributed by atoms with Crippen LogP contribution in [0.2, 0.25) is 5.02 Å². The van der Waals surface area contributed by atoms with E-state index in [1.54, 1.807) is 11.3 Å². The van der Waals surface area contributed by atoms with E-state index < -0.39 is 0 Å². The molecule has 2 aromatic heterocycles. The van der Waals surface area contributed by atoms with Gasteiger partial charge >= 0.3 is 0 Å². The van der Waals surface area contributed by atoms with Gasteiger partial charge in [-0.25, -0.2) is 4.98 Å². The highest BCUT2D eigenvalue weighted by molar-refractivity contribution is 7.13. The molecular formula is C18H19ClN4S. The molecule has 3 aromatic rings. The lowest BCUT2D eigenvalue weighted by molar-refractivity contribution is 0.461. The third kappa shape index (κ3) is 3.24. The number of aromatic nitrogens is 3. The Morgan fingerprint density at radius 1 is 1.33 bits per heavy atom. The van der Waals surface area contributed by atoms with Gasteiger partial charge in [-0.1, -0.05) is 29.8 Å². The van der Waals surface area contributed by atoms with Crippen molar-refractivity contribution in [2.24, 2.45) is 0 Å². The Morgan fingerprint density at radius 2 is 2.25 bits per heavy atom. The van der Waals surface area contributed by atoms with Crippen molar-refractivity contribution in [2.75, 3.05) is 6.54 Å². The van der Waals surface area contributed by atoms with Gasteiger partial charge in [0.2, 0.25) is 0 Å². The summed E-state index contributed by atoms with van der Waals surface area (Å²) in [4.78, 5) is 4.73. The third-order valence-corrected chi connectivity index (χ3v) is 5.73. The molecule has 0 saturated carbocycles. The molecule has 0 aliphatic heterocycles. The van der Waals surface area contributed by atoms with Crippen LogP contribution in [0, 0.1) is 0 Å². The summed E-state index contributed by atoms with van der Waals surface area (Å²) in [7, 11) is 0. The number of hydrogen-bond donors (Lipinski definition) is 2. The number of aryl methyl sites for hydroxylation is 1. The van der Waals surface area contributed by atoms with Crippen LogP contribution in [0.25, 0.3) is 10.6 Å². The maximum absolute atomic E-state index is 6.26. The fraction of sp³-hybridized carbons (Fsp3) is 0.333. The maximum Gasteiger partial charge on any atom is 0.125 e. The lowest BCUT2D eigenvalue weighted by Gasteiger charge is -2.22. The topological polar surface area (TPSA) is 53.6 Å². The van der Waals surface area contributed by atoms with E-state index in [9.17, 15) is 0 Å². The second kappa shape index (κ2) is 7.05.